The SMILES string of the molecule is Cc1cc(C)cc(OCCN(C)C(=O)CN2CCN(C(=O)c3ccccn3)CC2)c1. The molecule has 1 fully saturated rings. The smallest absolute Gasteiger partial charge is 0.272 e. The van der Waals surface area contributed by atoms with Crippen LogP contribution in [0.25, 0.3) is 0 Å². The molecular weight excluding hydrogens is 380 g/mol. The van der Waals surface area contributed by atoms with E-state index in [0.717, 1.165) is 16.9 Å². The summed E-state index contributed by atoms with van der Waals surface area (Å²) >= 11 is 0. The van der Waals surface area contributed by atoms with Gasteiger partial charge in [-0.05, 0) is 49.2 Å². The van der Waals surface area contributed by atoms with Crippen LogP contribution in [0.15, 0.2) is 42.6 Å². The van der Waals surface area contributed by atoms with Crippen LogP contribution in [0, 0.1) is 13.8 Å². The van der Waals surface area contributed by atoms with Crippen molar-refractivity contribution in [1.82, 2.24) is 19.7 Å². The molecule has 1 aromatic heterocycles. The summed E-state index contributed by atoms with van der Waals surface area (Å²) in [6, 6.07) is 11.4. The number of amides is 2. The third kappa shape index (κ3) is 6.03. The van der Waals surface area contributed by atoms with Gasteiger partial charge in [-0.1, -0.05) is 12.1 Å². The lowest BCUT2D eigenvalue weighted by Crippen LogP contribution is -2.51. The topological polar surface area (TPSA) is 66.0 Å². The van der Waals surface area contributed by atoms with Gasteiger partial charge in [0, 0.05) is 39.4 Å². The van der Waals surface area contributed by atoms with E-state index in [-0.39, 0.29) is 11.8 Å². The Morgan fingerprint density at radius 2 is 1.77 bits per heavy atom. The average Bonchev–Trinajstić information content (AvgIpc) is 2.73. The molecule has 2 aromatic rings. The van der Waals surface area contributed by atoms with Gasteiger partial charge >= 0.3 is 0 Å². The standard InChI is InChI=1S/C23H30N4O3/c1-18-14-19(2)16-20(15-18)30-13-12-25(3)22(28)17-26-8-10-27(11-9-26)23(29)21-6-4-5-7-24-21/h4-7,14-16H,8-13,17H2,1-3H3. The number of pyridine rings is 1. The molecular formula is C23H30N4O3. The normalized spacial score (nSPS) is 14.4. The molecule has 7 nitrogen and oxygen atoms in total. The molecule has 30 heavy (non-hydrogen) atoms. The molecule has 0 radical (unpaired) electrons. The number of likely N-dealkylation sites (N-methyl/N-ethyl adjacent to an activating group) is 1. The predicted octanol–water partition coefficient (Wildman–Crippen LogP) is 1.99. The van der Waals surface area contributed by atoms with Crippen LogP contribution in [0.1, 0.15) is 21.6 Å². The van der Waals surface area contributed by atoms with Crippen molar-refractivity contribution in [1.29, 1.82) is 0 Å². The van der Waals surface area contributed by atoms with Crippen LogP contribution in [0.3, 0.4) is 0 Å². The molecule has 1 aliphatic rings. The minimum Gasteiger partial charge on any atom is -0.492 e. The maximum Gasteiger partial charge on any atom is 0.272 e. The molecule has 3 rings (SSSR count). The van der Waals surface area contributed by atoms with Gasteiger partial charge in [-0.25, -0.2) is 0 Å². The van der Waals surface area contributed by atoms with Crippen LogP contribution in [0.4, 0.5) is 0 Å². The van der Waals surface area contributed by atoms with Crippen LogP contribution in [0.5, 0.6) is 5.75 Å². The Balaban J connectivity index is 1.39. The van der Waals surface area contributed by atoms with Crippen molar-refractivity contribution in [3.8, 4) is 5.75 Å². The highest BCUT2D eigenvalue weighted by Crippen LogP contribution is 2.16. The summed E-state index contributed by atoms with van der Waals surface area (Å²) in [5.74, 6) is 0.841. The van der Waals surface area contributed by atoms with Crippen molar-refractivity contribution in [3.63, 3.8) is 0 Å². The second-order valence-corrected chi connectivity index (χ2v) is 7.77. The van der Waals surface area contributed by atoms with Gasteiger partial charge in [-0.2, -0.15) is 0 Å². The fourth-order valence-electron chi connectivity index (χ4n) is 3.51. The van der Waals surface area contributed by atoms with Gasteiger partial charge in [0.15, 0.2) is 0 Å². The van der Waals surface area contributed by atoms with Crippen LogP contribution in [0.2, 0.25) is 0 Å². The average molecular weight is 411 g/mol. The first-order valence-electron chi connectivity index (χ1n) is 10.3. The Morgan fingerprint density at radius 1 is 1.07 bits per heavy atom. The molecule has 0 aliphatic carbocycles. The van der Waals surface area contributed by atoms with Crippen LogP contribution < -0.4 is 4.74 Å². The largest absolute Gasteiger partial charge is 0.492 e. The Morgan fingerprint density at radius 3 is 2.40 bits per heavy atom. The number of aromatic nitrogens is 1. The van der Waals surface area contributed by atoms with E-state index in [1.54, 1.807) is 35.2 Å². The van der Waals surface area contributed by atoms with Crippen molar-refractivity contribution in [2.75, 3.05) is 52.9 Å². The fraction of sp³-hybridized carbons (Fsp3) is 0.435. The fourth-order valence-corrected chi connectivity index (χ4v) is 3.51. The van der Waals surface area contributed by atoms with E-state index in [9.17, 15) is 9.59 Å². The lowest BCUT2D eigenvalue weighted by atomic mass is 10.1. The first-order chi connectivity index (χ1) is 14.4. The van der Waals surface area contributed by atoms with Crippen molar-refractivity contribution >= 4 is 11.8 Å². The summed E-state index contributed by atoms with van der Waals surface area (Å²) in [6.45, 7) is 7.98. The molecule has 2 amide bonds. The number of ether oxygens (including phenoxy) is 1. The Labute approximate surface area is 178 Å². The second-order valence-electron chi connectivity index (χ2n) is 7.77. The minimum absolute atomic E-state index is 0.0535. The van der Waals surface area contributed by atoms with Crippen molar-refractivity contribution in [3.05, 3.63) is 59.4 Å². The zero-order chi connectivity index (χ0) is 21.5. The molecule has 0 atom stereocenters. The molecule has 1 saturated heterocycles. The van der Waals surface area contributed by atoms with E-state index in [4.69, 9.17) is 4.74 Å². The number of benzene rings is 1. The van der Waals surface area contributed by atoms with E-state index in [2.05, 4.69) is 16.0 Å². The summed E-state index contributed by atoms with van der Waals surface area (Å²) in [6.07, 6.45) is 1.63. The van der Waals surface area contributed by atoms with E-state index in [1.165, 1.54) is 0 Å². The molecule has 0 bridgehead atoms. The molecule has 0 unspecified atom stereocenters. The minimum atomic E-state index is -0.0535. The van der Waals surface area contributed by atoms with E-state index < -0.39 is 0 Å². The van der Waals surface area contributed by atoms with E-state index in [1.807, 2.05) is 32.0 Å². The van der Waals surface area contributed by atoms with Gasteiger partial charge in [0.1, 0.15) is 18.1 Å². The lowest BCUT2D eigenvalue weighted by molar-refractivity contribution is -0.131. The summed E-state index contributed by atoms with van der Waals surface area (Å²) in [5.41, 5.74) is 2.79. The number of piperazine rings is 1. The summed E-state index contributed by atoms with van der Waals surface area (Å²) in [7, 11) is 1.80. The van der Waals surface area contributed by atoms with Gasteiger partial charge in [-0.3, -0.25) is 19.5 Å². The molecule has 1 aliphatic heterocycles. The summed E-state index contributed by atoms with van der Waals surface area (Å²) in [5, 5.41) is 0. The van der Waals surface area contributed by atoms with Gasteiger partial charge in [0.05, 0.1) is 13.1 Å². The molecule has 1 aromatic carbocycles. The third-order valence-electron chi connectivity index (χ3n) is 5.22. The number of rotatable bonds is 7. The van der Waals surface area contributed by atoms with Crippen LogP contribution in [-0.2, 0) is 4.79 Å². The monoisotopic (exact) mass is 410 g/mol. The number of hydrogen-bond acceptors (Lipinski definition) is 5. The van der Waals surface area contributed by atoms with Gasteiger partial charge in [0.25, 0.3) is 5.91 Å². The molecule has 0 saturated carbocycles. The number of nitrogens with zero attached hydrogens (tertiary/aromatic N) is 4. The highest BCUT2D eigenvalue weighted by atomic mass is 16.5. The summed E-state index contributed by atoms with van der Waals surface area (Å²) < 4.78 is 5.80. The number of aryl methyl sites for hydroxylation is 2. The van der Waals surface area contributed by atoms with Gasteiger partial charge < -0.3 is 14.5 Å². The quantitative estimate of drug-likeness (QED) is 0.699. The zero-order valence-corrected chi connectivity index (χ0v) is 18.0. The van der Waals surface area contributed by atoms with Crippen LogP contribution in [-0.4, -0.2) is 84.4 Å². The molecule has 7 heteroatoms. The highest BCUT2D eigenvalue weighted by molar-refractivity contribution is 5.92. The second kappa shape index (κ2) is 10.2. The van der Waals surface area contributed by atoms with Crippen molar-refractivity contribution in [2.45, 2.75) is 13.8 Å². The lowest BCUT2D eigenvalue weighted by Gasteiger charge is -2.34. The predicted molar refractivity (Wildman–Crippen MR) is 116 cm³/mol. The van der Waals surface area contributed by atoms with E-state index in [0.29, 0.717) is 51.6 Å². The molecule has 0 N–H and O–H groups in total. The van der Waals surface area contributed by atoms with Gasteiger partial charge in [-0.15, -0.1) is 0 Å². The highest BCUT2D eigenvalue weighted by Gasteiger charge is 2.24. The van der Waals surface area contributed by atoms with Gasteiger partial charge in [0.2, 0.25) is 5.91 Å². The zero-order valence-electron chi connectivity index (χ0n) is 18.0. The molecule has 2 heterocycles. The first-order valence-corrected chi connectivity index (χ1v) is 10.3. The Hall–Kier alpha value is -2.93. The number of carbonyl (C=O) groups is 2. The number of carbonyl (C=O) groups excluding carboxylic acids is 2. The Kier molecular flexibility index (Phi) is 7.41. The maximum atomic E-state index is 12.5. The molecule has 0 spiro atoms. The summed E-state index contributed by atoms with van der Waals surface area (Å²) in [4.78, 5) is 34.7. The van der Waals surface area contributed by atoms with Crippen molar-refractivity contribution in [2.24, 2.45) is 0 Å². The third-order valence-corrected chi connectivity index (χ3v) is 5.22. The number of hydrogen-bond donors (Lipinski definition) is 0. The van der Waals surface area contributed by atoms with Crippen molar-refractivity contribution < 1.29 is 14.3 Å². The van der Waals surface area contributed by atoms with Crippen LogP contribution >= 0.6 is 0 Å². The Bertz CT molecular complexity index is 844. The van der Waals surface area contributed by atoms with E-state index >= 15 is 0 Å². The first kappa shape index (κ1) is 21.8. The maximum absolute atomic E-state index is 12.5. The molecule has 160 valence electrons.